The molecule has 106 valence electrons. The quantitative estimate of drug-likeness (QED) is 0.788. The summed E-state index contributed by atoms with van der Waals surface area (Å²) in [4.78, 5) is 1.34. The van der Waals surface area contributed by atoms with Crippen molar-refractivity contribution >= 4 is 23.5 Å². The molecule has 0 bridgehead atoms. The average molecular weight is 296 g/mol. The zero-order valence-electron chi connectivity index (χ0n) is 12.2. The molecule has 1 aromatic carbocycles. The minimum absolute atomic E-state index is 0.465. The van der Waals surface area contributed by atoms with Crippen LogP contribution in [-0.2, 0) is 0 Å². The molecule has 1 aliphatic carbocycles. The first kappa shape index (κ1) is 15.3. The number of hydrogen-bond acceptors (Lipinski definition) is 3. The summed E-state index contributed by atoms with van der Waals surface area (Å²) in [5.74, 6) is 0. The minimum Gasteiger partial charge on any atom is -0.307 e. The van der Waals surface area contributed by atoms with Crippen LogP contribution < -0.4 is 5.32 Å². The third kappa shape index (κ3) is 4.44. The van der Waals surface area contributed by atoms with E-state index in [2.05, 4.69) is 49.0 Å². The Kier molecular flexibility index (Phi) is 6.11. The molecule has 2 rings (SSSR count). The van der Waals surface area contributed by atoms with Crippen LogP contribution in [0.3, 0.4) is 0 Å². The van der Waals surface area contributed by atoms with Crippen LogP contribution in [0.2, 0.25) is 0 Å². The van der Waals surface area contributed by atoms with Crippen LogP contribution in [0.5, 0.6) is 0 Å². The summed E-state index contributed by atoms with van der Waals surface area (Å²) in [6, 6.07) is 10.1. The van der Waals surface area contributed by atoms with Gasteiger partial charge in [-0.05, 0) is 62.8 Å². The summed E-state index contributed by atoms with van der Waals surface area (Å²) >= 11 is 3.84. The van der Waals surface area contributed by atoms with Gasteiger partial charge in [-0.1, -0.05) is 12.1 Å². The second-order valence-corrected chi connectivity index (χ2v) is 7.39. The fourth-order valence-electron chi connectivity index (χ4n) is 2.81. The Morgan fingerprint density at radius 1 is 1.05 bits per heavy atom. The van der Waals surface area contributed by atoms with Gasteiger partial charge < -0.3 is 5.32 Å². The Morgan fingerprint density at radius 2 is 1.68 bits per heavy atom. The number of rotatable bonds is 5. The molecule has 1 atom stereocenters. The third-order valence-corrected chi connectivity index (χ3v) is 5.99. The van der Waals surface area contributed by atoms with Crippen molar-refractivity contribution in [2.24, 2.45) is 0 Å². The van der Waals surface area contributed by atoms with Crippen molar-refractivity contribution in [2.45, 2.75) is 54.8 Å². The van der Waals surface area contributed by atoms with Crippen LogP contribution in [0.25, 0.3) is 0 Å². The molecule has 0 amide bonds. The molecule has 1 unspecified atom stereocenters. The van der Waals surface area contributed by atoms with Crippen LogP contribution in [0.15, 0.2) is 29.2 Å². The Hall–Kier alpha value is -0.120. The number of benzene rings is 1. The molecule has 0 spiro atoms. The predicted octanol–water partition coefficient (Wildman–Crippen LogP) is 4.73. The highest BCUT2D eigenvalue weighted by molar-refractivity contribution is 7.99. The number of thioether (sulfide) groups is 2. The molecule has 1 fully saturated rings. The van der Waals surface area contributed by atoms with Crippen molar-refractivity contribution in [1.29, 1.82) is 0 Å². The van der Waals surface area contributed by atoms with E-state index in [9.17, 15) is 0 Å². The Morgan fingerprint density at radius 3 is 2.21 bits per heavy atom. The number of hydrogen-bond donors (Lipinski definition) is 1. The van der Waals surface area contributed by atoms with E-state index >= 15 is 0 Å². The monoisotopic (exact) mass is 295 g/mol. The van der Waals surface area contributed by atoms with Gasteiger partial charge >= 0.3 is 0 Å². The lowest BCUT2D eigenvalue weighted by atomic mass is 9.94. The Bertz CT molecular complexity index is 369. The fourth-order valence-corrected chi connectivity index (χ4v) is 3.96. The van der Waals surface area contributed by atoms with Crippen molar-refractivity contribution in [3.05, 3.63) is 29.8 Å². The molecule has 1 aromatic rings. The maximum Gasteiger partial charge on any atom is 0.0294 e. The van der Waals surface area contributed by atoms with Crippen molar-refractivity contribution in [3.63, 3.8) is 0 Å². The van der Waals surface area contributed by atoms with E-state index in [1.807, 2.05) is 11.8 Å². The van der Waals surface area contributed by atoms with Crippen LogP contribution >= 0.6 is 23.5 Å². The van der Waals surface area contributed by atoms with Gasteiger partial charge in [0.15, 0.2) is 0 Å². The molecule has 0 saturated heterocycles. The van der Waals surface area contributed by atoms with E-state index in [1.54, 1.807) is 11.8 Å². The van der Waals surface area contributed by atoms with Gasteiger partial charge in [-0.25, -0.2) is 0 Å². The zero-order valence-corrected chi connectivity index (χ0v) is 13.8. The van der Waals surface area contributed by atoms with E-state index in [1.165, 1.54) is 36.1 Å². The van der Waals surface area contributed by atoms with E-state index < -0.39 is 0 Å². The van der Waals surface area contributed by atoms with E-state index in [-0.39, 0.29) is 0 Å². The van der Waals surface area contributed by atoms with Gasteiger partial charge in [0, 0.05) is 22.2 Å². The van der Waals surface area contributed by atoms with Crippen LogP contribution in [-0.4, -0.2) is 23.8 Å². The molecule has 0 aromatic heterocycles. The van der Waals surface area contributed by atoms with Gasteiger partial charge in [-0.2, -0.15) is 11.8 Å². The smallest absolute Gasteiger partial charge is 0.0294 e. The van der Waals surface area contributed by atoms with Crippen molar-refractivity contribution in [3.8, 4) is 0 Å². The highest BCUT2D eigenvalue weighted by Gasteiger charge is 2.21. The topological polar surface area (TPSA) is 12.0 Å². The molecular weight excluding hydrogens is 270 g/mol. The Balaban J connectivity index is 1.85. The second kappa shape index (κ2) is 7.61. The molecule has 0 radical (unpaired) electrons. The second-order valence-electron chi connectivity index (χ2n) is 5.37. The van der Waals surface area contributed by atoms with Gasteiger partial charge in [0.2, 0.25) is 0 Å². The largest absolute Gasteiger partial charge is 0.307 e. The van der Waals surface area contributed by atoms with E-state index in [4.69, 9.17) is 0 Å². The summed E-state index contributed by atoms with van der Waals surface area (Å²) in [6.45, 7) is 2.29. The number of nitrogens with one attached hydrogen (secondary N) is 1. The maximum atomic E-state index is 3.80. The van der Waals surface area contributed by atoms with Crippen LogP contribution in [0.1, 0.15) is 44.2 Å². The summed E-state index contributed by atoms with van der Waals surface area (Å²) in [6.07, 6.45) is 9.78. The minimum atomic E-state index is 0.465. The zero-order chi connectivity index (χ0) is 13.7. The first-order valence-electron chi connectivity index (χ1n) is 7.15. The highest BCUT2D eigenvalue weighted by atomic mass is 32.2. The molecule has 1 nitrogen and oxygen atoms in total. The molecule has 19 heavy (non-hydrogen) atoms. The molecule has 0 aliphatic heterocycles. The summed E-state index contributed by atoms with van der Waals surface area (Å²) in [5.41, 5.74) is 1.41. The molecule has 3 heteroatoms. The normalized spacial score (nSPS) is 25.2. The van der Waals surface area contributed by atoms with Gasteiger partial charge in [-0.15, -0.1) is 11.8 Å². The first-order chi connectivity index (χ1) is 9.22. The van der Waals surface area contributed by atoms with Gasteiger partial charge in [0.25, 0.3) is 0 Å². The van der Waals surface area contributed by atoms with Crippen molar-refractivity contribution < 1.29 is 0 Å². The lowest BCUT2D eigenvalue weighted by Gasteiger charge is -2.30. The molecular formula is C16H25NS2. The summed E-state index contributed by atoms with van der Waals surface area (Å²) < 4.78 is 0. The predicted molar refractivity (Wildman–Crippen MR) is 89.3 cm³/mol. The standard InChI is InChI=1S/C16H25NS2/c1-12(13-4-8-15(18-2)9-5-13)17-14-6-10-16(19-3)11-7-14/h4-5,8-9,12,14,16-17H,6-7,10-11H2,1-3H3. The van der Waals surface area contributed by atoms with E-state index in [0.29, 0.717) is 12.1 Å². The van der Waals surface area contributed by atoms with Crippen LogP contribution in [0, 0.1) is 0 Å². The molecule has 1 saturated carbocycles. The summed E-state index contributed by atoms with van der Waals surface area (Å²) in [7, 11) is 0. The van der Waals surface area contributed by atoms with Crippen LogP contribution in [0.4, 0.5) is 0 Å². The van der Waals surface area contributed by atoms with Crippen molar-refractivity contribution in [1.82, 2.24) is 5.32 Å². The SMILES string of the molecule is CSc1ccc(C(C)NC2CCC(SC)CC2)cc1. The molecule has 1 N–H and O–H groups in total. The fraction of sp³-hybridized carbons (Fsp3) is 0.625. The molecule has 0 heterocycles. The Labute approximate surface area is 126 Å². The van der Waals surface area contributed by atoms with E-state index in [0.717, 1.165) is 5.25 Å². The average Bonchev–Trinajstić information content (AvgIpc) is 2.48. The van der Waals surface area contributed by atoms with Gasteiger partial charge in [0.05, 0.1) is 0 Å². The van der Waals surface area contributed by atoms with Crippen molar-refractivity contribution in [2.75, 3.05) is 12.5 Å². The lowest BCUT2D eigenvalue weighted by Crippen LogP contribution is -2.35. The maximum absolute atomic E-state index is 3.80. The summed E-state index contributed by atoms with van der Waals surface area (Å²) in [5, 5.41) is 4.70. The lowest BCUT2D eigenvalue weighted by molar-refractivity contribution is 0.352. The van der Waals surface area contributed by atoms with Gasteiger partial charge in [0.1, 0.15) is 0 Å². The molecule has 1 aliphatic rings. The third-order valence-electron chi connectivity index (χ3n) is 4.11. The van der Waals surface area contributed by atoms with Gasteiger partial charge in [-0.3, -0.25) is 0 Å². The highest BCUT2D eigenvalue weighted by Crippen LogP contribution is 2.28. The first-order valence-corrected chi connectivity index (χ1v) is 9.67.